The summed E-state index contributed by atoms with van der Waals surface area (Å²) in [5.74, 6) is 0.875. The molecule has 0 aromatic heterocycles. The van der Waals surface area contributed by atoms with Crippen LogP contribution in [-0.2, 0) is 11.2 Å². The second kappa shape index (κ2) is 5.83. The summed E-state index contributed by atoms with van der Waals surface area (Å²) in [6.45, 7) is 3.98. The molecule has 1 aromatic rings. The topological polar surface area (TPSA) is 41.6 Å². The zero-order valence-corrected chi connectivity index (χ0v) is 12.0. The molecule has 1 unspecified atom stereocenters. The van der Waals surface area contributed by atoms with Crippen LogP contribution in [0.1, 0.15) is 31.7 Å². The number of hydrogen-bond acceptors (Lipinski definition) is 3. The van der Waals surface area contributed by atoms with Crippen molar-refractivity contribution in [3.8, 4) is 5.75 Å². The van der Waals surface area contributed by atoms with Crippen LogP contribution in [0.2, 0.25) is 0 Å². The Bertz CT molecular complexity index is 495. The van der Waals surface area contributed by atoms with E-state index in [0.29, 0.717) is 12.6 Å². The summed E-state index contributed by atoms with van der Waals surface area (Å²) in [6.07, 6.45) is 4.86. The van der Waals surface area contributed by atoms with Crippen molar-refractivity contribution in [1.29, 1.82) is 0 Å². The summed E-state index contributed by atoms with van der Waals surface area (Å²) < 4.78 is 5.51. The third kappa shape index (κ3) is 2.66. The highest BCUT2D eigenvalue weighted by atomic mass is 16.5. The molecule has 0 aliphatic carbocycles. The van der Waals surface area contributed by atoms with Gasteiger partial charge < -0.3 is 15.0 Å². The molecule has 2 heterocycles. The number of nitrogens with zero attached hydrogens (tertiary/aromatic N) is 1. The van der Waals surface area contributed by atoms with Gasteiger partial charge in [0.15, 0.2) is 6.61 Å². The van der Waals surface area contributed by atoms with Gasteiger partial charge in [0.25, 0.3) is 5.91 Å². The molecule has 0 bridgehead atoms. The zero-order valence-electron chi connectivity index (χ0n) is 12.0. The number of piperidine rings is 1. The average molecular weight is 274 g/mol. The van der Waals surface area contributed by atoms with Crippen LogP contribution in [-0.4, -0.2) is 31.6 Å². The normalized spacial score (nSPS) is 22.4. The lowest BCUT2D eigenvalue weighted by molar-refractivity contribution is -0.121. The van der Waals surface area contributed by atoms with Crippen molar-refractivity contribution in [3.63, 3.8) is 0 Å². The van der Waals surface area contributed by atoms with Gasteiger partial charge in [-0.1, -0.05) is 12.5 Å². The molecule has 1 aromatic carbocycles. The van der Waals surface area contributed by atoms with Gasteiger partial charge in [-0.25, -0.2) is 0 Å². The van der Waals surface area contributed by atoms with Crippen molar-refractivity contribution in [2.45, 2.75) is 38.6 Å². The molecule has 108 valence electrons. The molecule has 0 radical (unpaired) electrons. The van der Waals surface area contributed by atoms with E-state index in [1.54, 1.807) is 0 Å². The minimum Gasteiger partial charge on any atom is -0.482 e. The number of carbonyl (C=O) groups is 1. The van der Waals surface area contributed by atoms with Crippen molar-refractivity contribution < 1.29 is 9.53 Å². The number of carbonyl (C=O) groups excluding carboxylic acids is 1. The molecule has 1 fully saturated rings. The molecule has 20 heavy (non-hydrogen) atoms. The fraction of sp³-hybridized carbons (Fsp3) is 0.562. The number of likely N-dealkylation sites (N-methyl/N-ethyl adjacent to an activating group) is 1. The highest BCUT2D eigenvalue weighted by Gasteiger charge is 2.24. The van der Waals surface area contributed by atoms with Crippen LogP contribution in [0, 0.1) is 0 Å². The summed E-state index contributed by atoms with van der Waals surface area (Å²) in [6, 6.07) is 6.81. The molecule has 0 saturated carbocycles. The number of anilines is 1. The molecule has 4 nitrogen and oxygen atoms in total. The fourth-order valence-corrected chi connectivity index (χ4v) is 3.10. The fourth-order valence-electron chi connectivity index (χ4n) is 3.10. The van der Waals surface area contributed by atoms with Gasteiger partial charge in [0.05, 0.1) is 5.69 Å². The van der Waals surface area contributed by atoms with Crippen molar-refractivity contribution in [3.05, 3.63) is 23.8 Å². The zero-order chi connectivity index (χ0) is 13.9. The predicted molar refractivity (Wildman–Crippen MR) is 79.3 cm³/mol. The lowest BCUT2D eigenvalue weighted by atomic mass is 9.97. The Hall–Kier alpha value is -1.55. The Labute approximate surface area is 120 Å². The van der Waals surface area contributed by atoms with Crippen molar-refractivity contribution in [2.24, 2.45) is 0 Å². The number of rotatable bonds is 3. The molecule has 3 rings (SSSR count). The van der Waals surface area contributed by atoms with E-state index < -0.39 is 0 Å². The average Bonchev–Trinajstić information content (AvgIpc) is 2.48. The Morgan fingerprint density at radius 2 is 2.30 bits per heavy atom. The van der Waals surface area contributed by atoms with Crippen molar-refractivity contribution in [2.75, 3.05) is 24.6 Å². The highest BCUT2D eigenvalue weighted by Crippen LogP contribution is 2.33. The van der Waals surface area contributed by atoms with Crippen LogP contribution in [0.5, 0.6) is 5.75 Å². The first-order chi connectivity index (χ1) is 9.78. The Balaban J connectivity index is 1.80. The molecule has 0 spiro atoms. The number of hydrogen-bond donors (Lipinski definition) is 1. The van der Waals surface area contributed by atoms with Crippen LogP contribution in [0.4, 0.5) is 5.69 Å². The summed E-state index contributed by atoms with van der Waals surface area (Å²) >= 11 is 0. The van der Waals surface area contributed by atoms with Crippen LogP contribution < -0.4 is 15.0 Å². The summed E-state index contributed by atoms with van der Waals surface area (Å²) in [7, 11) is 0. The Morgan fingerprint density at radius 3 is 3.05 bits per heavy atom. The van der Waals surface area contributed by atoms with Gasteiger partial charge in [-0.3, -0.25) is 4.79 Å². The van der Waals surface area contributed by atoms with Gasteiger partial charge >= 0.3 is 0 Å². The first-order valence-electron chi connectivity index (χ1n) is 7.57. The Morgan fingerprint density at radius 1 is 1.40 bits per heavy atom. The maximum Gasteiger partial charge on any atom is 0.265 e. The maximum atomic E-state index is 11.9. The molecule has 1 atom stereocenters. The number of benzene rings is 1. The van der Waals surface area contributed by atoms with E-state index in [1.165, 1.54) is 24.8 Å². The molecule has 4 heteroatoms. The van der Waals surface area contributed by atoms with Crippen LogP contribution in [0.25, 0.3) is 0 Å². The number of fused-ring (bicyclic) bond motifs is 1. The molecular weight excluding hydrogens is 252 g/mol. The molecule has 1 N–H and O–H groups in total. The van der Waals surface area contributed by atoms with Gasteiger partial charge in [-0.05, 0) is 50.4 Å². The van der Waals surface area contributed by atoms with E-state index in [9.17, 15) is 4.79 Å². The maximum absolute atomic E-state index is 11.9. The standard InChI is InChI=1S/C16H22N2O2/c1-2-18-14-10-12(9-13-5-3-4-8-17-13)6-7-15(14)20-11-16(18)19/h6-7,10,13,17H,2-5,8-9,11H2,1H3. The van der Waals surface area contributed by atoms with Gasteiger partial charge in [0, 0.05) is 12.6 Å². The third-order valence-corrected chi connectivity index (χ3v) is 4.18. The summed E-state index contributed by atoms with van der Waals surface area (Å²) in [5.41, 5.74) is 2.21. The molecule has 1 saturated heterocycles. The van der Waals surface area contributed by atoms with Gasteiger partial charge in [-0.2, -0.15) is 0 Å². The van der Waals surface area contributed by atoms with E-state index in [4.69, 9.17) is 4.74 Å². The van der Waals surface area contributed by atoms with Crippen LogP contribution in [0.3, 0.4) is 0 Å². The Kier molecular flexibility index (Phi) is 3.92. The smallest absolute Gasteiger partial charge is 0.265 e. The SMILES string of the molecule is CCN1C(=O)COc2ccc(CC3CCCCN3)cc21. The van der Waals surface area contributed by atoms with E-state index >= 15 is 0 Å². The monoisotopic (exact) mass is 274 g/mol. The quantitative estimate of drug-likeness (QED) is 0.918. The van der Waals surface area contributed by atoms with Crippen molar-refractivity contribution >= 4 is 11.6 Å². The second-order valence-electron chi connectivity index (χ2n) is 5.58. The molecule has 2 aliphatic heterocycles. The molecular formula is C16H22N2O2. The number of ether oxygens (including phenoxy) is 1. The lowest BCUT2D eigenvalue weighted by Gasteiger charge is -2.29. The summed E-state index contributed by atoms with van der Waals surface area (Å²) in [4.78, 5) is 13.7. The molecule has 1 amide bonds. The number of amides is 1. The largest absolute Gasteiger partial charge is 0.482 e. The van der Waals surface area contributed by atoms with Gasteiger partial charge in [0.2, 0.25) is 0 Å². The van der Waals surface area contributed by atoms with Crippen molar-refractivity contribution in [1.82, 2.24) is 5.32 Å². The highest BCUT2D eigenvalue weighted by molar-refractivity contribution is 5.97. The molecule has 2 aliphatic rings. The van der Waals surface area contributed by atoms with E-state index in [0.717, 1.165) is 24.4 Å². The third-order valence-electron chi connectivity index (χ3n) is 4.18. The van der Waals surface area contributed by atoms with E-state index in [-0.39, 0.29) is 12.5 Å². The predicted octanol–water partition coefficient (Wildman–Crippen LogP) is 2.12. The van der Waals surface area contributed by atoms with Gasteiger partial charge in [-0.15, -0.1) is 0 Å². The van der Waals surface area contributed by atoms with Crippen LogP contribution in [0.15, 0.2) is 18.2 Å². The summed E-state index contributed by atoms with van der Waals surface area (Å²) in [5, 5.41) is 3.57. The van der Waals surface area contributed by atoms with Crippen LogP contribution >= 0.6 is 0 Å². The minimum absolute atomic E-state index is 0.0490. The first-order valence-corrected chi connectivity index (χ1v) is 7.57. The van der Waals surface area contributed by atoms with E-state index in [2.05, 4.69) is 17.4 Å². The van der Waals surface area contributed by atoms with E-state index in [1.807, 2.05) is 17.9 Å². The number of nitrogens with one attached hydrogen (secondary N) is 1. The van der Waals surface area contributed by atoms with Gasteiger partial charge in [0.1, 0.15) is 5.75 Å². The lowest BCUT2D eigenvalue weighted by Crippen LogP contribution is -2.39. The second-order valence-corrected chi connectivity index (χ2v) is 5.58. The minimum atomic E-state index is 0.0490. The first kappa shape index (κ1) is 13.4.